The van der Waals surface area contributed by atoms with E-state index in [0.717, 1.165) is 39.0 Å². The number of amides is 1. The van der Waals surface area contributed by atoms with Crippen molar-refractivity contribution in [3.05, 3.63) is 28.2 Å². The average Bonchev–Trinajstić information content (AvgIpc) is 2.98. The van der Waals surface area contributed by atoms with Gasteiger partial charge >= 0.3 is 0 Å². The van der Waals surface area contributed by atoms with Gasteiger partial charge in [-0.2, -0.15) is 0 Å². The molecule has 1 amide bonds. The molecule has 24 heavy (non-hydrogen) atoms. The van der Waals surface area contributed by atoms with Gasteiger partial charge in [-0.15, -0.1) is 12.4 Å². The first-order valence-electron chi connectivity index (χ1n) is 8.10. The molecule has 3 rings (SSSR count). The van der Waals surface area contributed by atoms with Crippen LogP contribution in [0.5, 0.6) is 5.75 Å². The Labute approximate surface area is 159 Å². The first-order valence-corrected chi connectivity index (χ1v) is 8.86. The third-order valence-corrected chi connectivity index (χ3v) is 5.54. The van der Waals surface area contributed by atoms with Crippen LogP contribution in [0.2, 0.25) is 10.0 Å². The highest BCUT2D eigenvalue weighted by Crippen LogP contribution is 2.37. The molecule has 0 aromatic heterocycles. The number of carbonyl (C=O) groups excluding carboxylic acids is 1. The number of halogens is 3. The summed E-state index contributed by atoms with van der Waals surface area (Å²) < 4.78 is 5.74. The quantitative estimate of drug-likeness (QED) is 0.849. The highest BCUT2D eigenvalue weighted by Gasteiger charge is 2.38. The van der Waals surface area contributed by atoms with E-state index >= 15 is 0 Å². The van der Waals surface area contributed by atoms with Crippen LogP contribution in [0.4, 0.5) is 0 Å². The number of carbonyl (C=O) groups is 1. The molecule has 1 unspecified atom stereocenters. The van der Waals surface area contributed by atoms with Crippen molar-refractivity contribution in [2.24, 2.45) is 5.41 Å². The molecule has 0 saturated carbocycles. The molecule has 7 heteroatoms. The van der Waals surface area contributed by atoms with Crippen LogP contribution in [0.3, 0.4) is 0 Å². The molecule has 2 saturated heterocycles. The Morgan fingerprint density at radius 1 is 1.29 bits per heavy atom. The molecular weight excluding hydrogens is 371 g/mol. The molecule has 134 valence electrons. The minimum absolute atomic E-state index is 0. The first kappa shape index (κ1) is 19.6. The topological polar surface area (TPSA) is 41.6 Å². The van der Waals surface area contributed by atoms with Crippen LogP contribution >= 0.6 is 35.6 Å². The van der Waals surface area contributed by atoms with Gasteiger partial charge in [0.1, 0.15) is 5.75 Å². The Bertz CT molecular complexity index is 581. The molecule has 0 radical (unpaired) electrons. The van der Waals surface area contributed by atoms with E-state index in [-0.39, 0.29) is 18.3 Å². The Kier molecular flexibility index (Phi) is 6.66. The molecule has 1 aromatic rings. The van der Waals surface area contributed by atoms with Crippen molar-refractivity contribution >= 4 is 41.5 Å². The van der Waals surface area contributed by atoms with E-state index in [9.17, 15) is 4.79 Å². The van der Waals surface area contributed by atoms with Gasteiger partial charge in [0.05, 0.1) is 5.02 Å². The van der Waals surface area contributed by atoms with E-state index in [4.69, 9.17) is 27.9 Å². The lowest BCUT2D eigenvalue weighted by atomic mass is 9.78. The fourth-order valence-corrected chi connectivity index (χ4v) is 3.95. The predicted octanol–water partition coefficient (Wildman–Crippen LogP) is 3.78. The average molecular weight is 394 g/mol. The van der Waals surface area contributed by atoms with E-state index in [1.807, 2.05) is 4.90 Å². The summed E-state index contributed by atoms with van der Waals surface area (Å²) in [6, 6.07) is 5.02. The van der Waals surface area contributed by atoms with Crippen molar-refractivity contribution in [2.75, 3.05) is 26.2 Å². The SMILES string of the molecule is CC(Oc1ccc(Cl)cc1Cl)C(=O)N1CCC2(CCNC2)CC1.Cl. The zero-order valence-corrected chi connectivity index (χ0v) is 16.0. The second kappa shape index (κ2) is 8.13. The minimum atomic E-state index is -0.551. The van der Waals surface area contributed by atoms with Gasteiger partial charge in [-0.1, -0.05) is 23.2 Å². The van der Waals surface area contributed by atoms with Gasteiger partial charge in [0, 0.05) is 24.7 Å². The lowest BCUT2D eigenvalue weighted by Gasteiger charge is -2.39. The fraction of sp³-hybridized carbons (Fsp3) is 0.588. The Morgan fingerprint density at radius 3 is 2.58 bits per heavy atom. The maximum absolute atomic E-state index is 12.6. The maximum Gasteiger partial charge on any atom is 0.263 e. The lowest BCUT2D eigenvalue weighted by Crippen LogP contribution is -2.48. The van der Waals surface area contributed by atoms with E-state index < -0.39 is 6.10 Å². The summed E-state index contributed by atoms with van der Waals surface area (Å²) in [6.07, 6.45) is 2.81. The van der Waals surface area contributed by atoms with Gasteiger partial charge < -0.3 is 15.0 Å². The van der Waals surface area contributed by atoms with E-state index in [1.165, 1.54) is 6.42 Å². The summed E-state index contributed by atoms with van der Waals surface area (Å²) >= 11 is 12.0. The predicted molar refractivity (Wildman–Crippen MR) is 99.5 cm³/mol. The van der Waals surface area contributed by atoms with Crippen molar-refractivity contribution in [3.8, 4) is 5.75 Å². The number of nitrogens with zero attached hydrogens (tertiary/aromatic N) is 1. The van der Waals surface area contributed by atoms with Crippen LogP contribution in [0.1, 0.15) is 26.2 Å². The number of hydrogen-bond donors (Lipinski definition) is 1. The number of likely N-dealkylation sites (tertiary alicyclic amines) is 1. The van der Waals surface area contributed by atoms with Crippen molar-refractivity contribution in [1.29, 1.82) is 0 Å². The molecule has 1 N–H and O–H groups in total. The number of benzene rings is 1. The summed E-state index contributed by atoms with van der Waals surface area (Å²) in [5.41, 5.74) is 0.403. The van der Waals surface area contributed by atoms with Crippen LogP contribution in [-0.4, -0.2) is 43.1 Å². The normalized spacial score (nSPS) is 20.5. The van der Waals surface area contributed by atoms with Crippen molar-refractivity contribution in [2.45, 2.75) is 32.3 Å². The second-order valence-corrected chi connectivity index (χ2v) is 7.43. The molecule has 0 aliphatic carbocycles. The summed E-state index contributed by atoms with van der Waals surface area (Å²) in [5, 5.41) is 4.41. The number of rotatable bonds is 3. The zero-order chi connectivity index (χ0) is 16.4. The third kappa shape index (κ3) is 4.29. The number of hydrogen-bond acceptors (Lipinski definition) is 3. The number of nitrogens with one attached hydrogen (secondary N) is 1. The standard InChI is InChI=1S/C17H22Cl2N2O2.ClH/c1-12(23-15-3-2-13(18)10-14(15)19)16(22)21-8-5-17(6-9-21)4-7-20-11-17;/h2-3,10,12,20H,4-9,11H2,1H3;1H. The van der Waals surface area contributed by atoms with Gasteiger partial charge in [0.25, 0.3) is 5.91 Å². The zero-order valence-electron chi connectivity index (χ0n) is 13.7. The van der Waals surface area contributed by atoms with Crippen LogP contribution in [0.15, 0.2) is 18.2 Å². The maximum atomic E-state index is 12.6. The Balaban J connectivity index is 0.00000208. The largest absolute Gasteiger partial charge is 0.479 e. The number of ether oxygens (including phenoxy) is 1. The molecule has 0 bridgehead atoms. The molecule has 2 heterocycles. The minimum Gasteiger partial charge on any atom is -0.479 e. The summed E-state index contributed by atoms with van der Waals surface area (Å²) in [4.78, 5) is 14.5. The third-order valence-electron chi connectivity index (χ3n) is 5.01. The summed E-state index contributed by atoms with van der Waals surface area (Å²) in [5.74, 6) is 0.516. The van der Waals surface area contributed by atoms with Gasteiger partial charge in [0.15, 0.2) is 6.10 Å². The van der Waals surface area contributed by atoms with Gasteiger partial charge in [0.2, 0.25) is 0 Å². The van der Waals surface area contributed by atoms with Crippen molar-refractivity contribution in [1.82, 2.24) is 10.2 Å². The van der Waals surface area contributed by atoms with Crippen molar-refractivity contribution in [3.63, 3.8) is 0 Å². The number of piperidine rings is 1. The Hall–Kier alpha value is -0.680. The van der Waals surface area contributed by atoms with Gasteiger partial charge in [-0.25, -0.2) is 0 Å². The smallest absolute Gasteiger partial charge is 0.263 e. The van der Waals surface area contributed by atoms with Crippen LogP contribution < -0.4 is 10.1 Å². The second-order valence-electron chi connectivity index (χ2n) is 6.59. The van der Waals surface area contributed by atoms with Crippen molar-refractivity contribution < 1.29 is 9.53 Å². The van der Waals surface area contributed by atoms with E-state index in [2.05, 4.69) is 5.32 Å². The molecule has 1 aromatic carbocycles. The fourth-order valence-electron chi connectivity index (χ4n) is 3.49. The Morgan fingerprint density at radius 2 is 2.00 bits per heavy atom. The summed E-state index contributed by atoms with van der Waals surface area (Å²) in [6.45, 7) is 5.57. The lowest BCUT2D eigenvalue weighted by molar-refractivity contribution is -0.140. The summed E-state index contributed by atoms with van der Waals surface area (Å²) in [7, 11) is 0. The van der Waals surface area contributed by atoms with Gasteiger partial charge in [-0.3, -0.25) is 4.79 Å². The molecular formula is C17H23Cl3N2O2. The van der Waals surface area contributed by atoms with Gasteiger partial charge in [-0.05, 0) is 56.3 Å². The van der Waals surface area contributed by atoms with E-state index in [0.29, 0.717) is 21.2 Å². The molecule has 2 fully saturated rings. The van der Waals surface area contributed by atoms with Crippen LogP contribution in [-0.2, 0) is 4.79 Å². The molecule has 2 aliphatic heterocycles. The molecule has 4 nitrogen and oxygen atoms in total. The molecule has 1 spiro atoms. The molecule has 2 aliphatic rings. The van der Waals surface area contributed by atoms with E-state index in [1.54, 1.807) is 25.1 Å². The monoisotopic (exact) mass is 392 g/mol. The first-order chi connectivity index (χ1) is 11.0. The highest BCUT2D eigenvalue weighted by molar-refractivity contribution is 6.35. The molecule has 1 atom stereocenters. The van der Waals surface area contributed by atoms with Crippen LogP contribution in [0, 0.1) is 5.41 Å². The highest BCUT2D eigenvalue weighted by atomic mass is 35.5. The van der Waals surface area contributed by atoms with Crippen LogP contribution in [0.25, 0.3) is 0 Å².